The van der Waals surface area contributed by atoms with Crippen LogP contribution in [0.3, 0.4) is 0 Å². The van der Waals surface area contributed by atoms with Crippen molar-refractivity contribution in [3.05, 3.63) is 71.9 Å². The van der Waals surface area contributed by atoms with Gasteiger partial charge in [0.1, 0.15) is 17.9 Å². The van der Waals surface area contributed by atoms with E-state index in [1.54, 1.807) is 17.0 Å². The molecule has 2 aromatic carbocycles. The van der Waals surface area contributed by atoms with Crippen LogP contribution in [0, 0.1) is 0 Å². The van der Waals surface area contributed by atoms with Gasteiger partial charge in [-0.05, 0) is 29.9 Å². The first kappa shape index (κ1) is 22.3. The van der Waals surface area contributed by atoms with E-state index in [4.69, 9.17) is 5.73 Å². The second kappa shape index (κ2) is 9.68. The number of hydrogen-bond donors (Lipinski definition) is 3. The molecule has 170 valence electrons. The number of carbonyl (C=O) groups is 3. The number of likely N-dealkylation sites (tertiary alicyclic amines) is 1. The zero-order chi connectivity index (χ0) is 23.4. The van der Waals surface area contributed by atoms with Crippen LogP contribution in [-0.2, 0) is 20.9 Å². The predicted octanol–water partition coefficient (Wildman–Crippen LogP) is 2.30. The molecule has 1 unspecified atom stereocenters. The van der Waals surface area contributed by atoms with Crippen LogP contribution in [0.2, 0.25) is 0 Å². The highest BCUT2D eigenvalue weighted by atomic mass is 16.2. The highest BCUT2D eigenvalue weighted by molar-refractivity contribution is 5.93. The smallest absolute Gasteiger partial charge is 0.250 e. The van der Waals surface area contributed by atoms with Crippen molar-refractivity contribution in [2.45, 2.75) is 38.4 Å². The molecule has 0 saturated carbocycles. The lowest BCUT2D eigenvalue weighted by molar-refractivity contribution is -0.141. The van der Waals surface area contributed by atoms with Crippen molar-refractivity contribution in [1.82, 2.24) is 20.5 Å². The largest absolute Gasteiger partial charge is 0.383 e. The molecule has 1 saturated heterocycles. The molecule has 1 aromatic heterocycles. The highest BCUT2D eigenvalue weighted by Gasteiger charge is 2.37. The summed E-state index contributed by atoms with van der Waals surface area (Å²) in [5, 5.41) is 7.44. The van der Waals surface area contributed by atoms with Crippen LogP contribution in [0.4, 0.5) is 5.82 Å². The number of fused-ring (bicyclic) bond motifs is 1. The lowest BCUT2D eigenvalue weighted by atomic mass is 10.0. The number of nitrogens with zero attached hydrogens (tertiary/aromatic N) is 2. The summed E-state index contributed by atoms with van der Waals surface area (Å²) in [6.45, 7) is 2.04. The number of pyridine rings is 1. The molecule has 1 aliphatic heterocycles. The number of carbonyl (C=O) groups excluding carboxylic acids is 3. The van der Waals surface area contributed by atoms with E-state index >= 15 is 0 Å². The molecule has 3 amide bonds. The summed E-state index contributed by atoms with van der Waals surface area (Å²) < 4.78 is 0. The van der Waals surface area contributed by atoms with E-state index in [-0.39, 0.29) is 24.3 Å². The summed E-state index contributed by atoms with van der Waals surface area (Å²) >= 11 is 0. The number of nitrogen functional groups attached to an aromatic ring is 1. The minimum Gasteiger partial charge on any atom is -0.383 e. The van der Waals surface area contributed by atoms with Crippen molar-refractivity contribution in [1.29, 1.82) is 0 Å². The van der Waals surface area contributed by atoms with E-state index in [0.717, 1.165) is 10.8 Å². The first-order chi connectivity index (χ1) is 15.9. The van der Waals surface area contributed by atoms with Crippen LogP contribution in [0.25, 0.3) is 10.8 Å². The summed E-state index contributed by atoms with van der Waals surface area (Å²) in [4.78, 5) is 44.1. The molecule has 3 aromatic rings. The van der Waals surface area contributed by atoms with Crippen LogP contribution in [0.15, 0.2) is 60.7 Å². The summed E-state index contributed by atoms with van der Waals surface area (Å²) in [5.74, 6) is -0.431. The van der Waals surface area contributed by atoms with E-state index in [2.05, 4.69) is 15.6 Å². The van der Waals surface area contributed by atoms with Crippen molar-refractivity contribution >= 4 is 34.3 Å². The molecule has 1 fully saturated rings. The van der Waals surface area contributed by atoms with Gasteiger partial charge in [0.25, 0.3) is 0 Å². The number of nitrogens with two attached hydrogens (primary N) is 1. The lowest BCUT2D eigenvalue weighted by Gasteiger charge is -2.28. The number of nitrogens with one attached hydrogen (secondary N) is 2. The topological polar surface area (TPSA) is 117 Å². The Bertz CT molecular complexity index is 1180. The van der Waals surface area contributed by atoms with Gasteiger partial charge in [-0.2, -0.15) is 0 Å². The maximum atomic E-state index is 13.4. The number of benzene rings is 2. The molecule has 2 atom stereocenters. The van der Waals surface area contributed by atoms with Gasteiger partial charge in [-0.1, -0.05) is 54.6 Å². The van der Waals surface area contributed by atoms with Crippen LogP contribution < -0.4 is 16.4 Å². The van der Waals surface area contributed by atoms with E-state index in [0.29, 0.717) is 36.5 Å². The van der Waals surface area contributed by atoms with Crippen LogP contribution in [-0.4, -0.2) is 40.2 Å². The van der Waals surface area contributed by atoms with Gasteiger partial charge in [0.05, 0.1) is 12.2 Å². The number of aromatic nitrogens is 1. The minimum absolute atomic E-state index is 0.209. The maximum Gasteiger partial charge on any atom is 0.250 e. The standard InChI is InChI=1S/C25H27N5O3/c1-16(31)28-22(17-8-3-2-4-9-17)25(33)30-13-7-12-21(30)24(32)27-15-19-14-18-10-5-6-11-20(18)23(26)29-19/h2-6,8-11,14,21-22H,7,12-13,15H2,1H3,(H2,26,29)(H,27,32)(H,28,31)/t21-,22?/m0/s1. The lowest BCUT2D eigenvalue weighted by Crippen LogP contribution is -2.49. The Hall–Kier alpha value is -3.94. The molecule has 0 bridgehead atoms. The maximum absolute atomic E-state index is 13.4. The average Bonchev–Trinajstić information content (AvgIpc) is 3.31. The molecule has 0 radical (unpaired) electrons. The molecule has 8 heteroatoms. The number of anilines is 1. The Morgan fingerprint density at radius 2 is 1.85 bits per heavy atom. The Kier molecular flexibility index (Phi) is 6.53. The summed E-state index contributed by atoms with van der Waals surface area (Å²) in [7, 11) is 0. The molecule has 1 aliphatic rings. The Morgan fingerprint density at radius 1 is 1.12 bits per heavy atom. The van der Waals surface area contributed by atoms with E-state index in [1.165, 1.54) is 6.92 Å². The third-order valence-electron chi connectivity index (χ3n) is 5.83. The molecular weight excluding hydrogens is 418 g/mol. The normalized spacial score (nSPS) is 16.4. The fraction of sp³-hybridized carbons (Fsp3) is 0.280. The molecule has 4 rings (SSSR count). The number of hydrogen-bond acceptors (Lipinski definition) is 5. The highest BCUT2D eigenvalue weighted by Crippen LogP contribution is 2.24. The van der Waals surface area contributed by atoms with E-state index in [1.807, 2.05) is 48.5 Å². The quantitative estimate of drug-likeness (QED) is 0.538. The minimum atomic E-state index is -0.834. The van der Waals surface area contributed by atoms with Crippen LogP contribution in [0.1, 0.15) is 37.1 Å². The first-order valence-electron chi connectivity index (χ1n) is 11.0. The molecule has 0 aliphatic carbocycles. The molecule has 2 heterocycles. The summed E-state index contributed by atoms with van der Waals surface area (Å²) in [6, 6.07) is 17.2. The summed E-state index contributed by atoms with van der Waals surface area (Å²) in [6.07, 6.45) is 1.28. The average molecular weight is 446 g/mol. The van der Waals surface area contributed by atoms with Gasteiger partial charge in [-0.25, -0.2) is 4.98 Å². The molecular formula is C25H27N5O3. The Labute approximate surface area is 192 Å². The van der Waals surface area contributed by atoms with Crippen LogP contribution in [0.5, 0.6) is 0 Å². The third-order valence-corrected chi connectivity index (χ3v) is 5.83. The SMILES string of the molecule is CC(=O)NC(C(=O)N1CCC[C@H]1C(=O)NCc1cc2ccccc2c(N)n1)c1ccccc1. The third kappa shape index (κ3) is 4.95. The van der Waals surface area contributed by atoms with E-state index < -0.39 is 12.1 Å². The Morgan fingerprint density at radius 3 is 2.61 bits per heavy atom. The predicted molar refractivity (Wildman–Crippen MR) is 126 cm³/mol. The first-order valence-corrected chi connectivity index (χ1v) is 11.0. The number of rotatable bonds is 6. The van der Waals surface area contributed by atoms with E-state index in [9.17, 15) is 14.4 Å². The zero-order valence-electron chi connectivity index (χ0n) is 18.5. The number of amides is 3. The van der Waals surface area contributed by atoms with Crippen molar-refractivity contribution in [2.75, 3.05) is 12.3 Å². The van der Waals surface area contributed by atoms with Gasteiger partial charge >= 0.3 is 0 Å². The van der Waals surface area contributed by atoms with Gasteiger partial charge in [-0.15, -0.1) is 0 Å². The van der Waals surface area contributed by atoms with Gasteiger partial charge in [-0.3, -0.25) is 14.4 Å². The Balaban J connectivity index is 1.47. The second-order valence-corrected chi connectivity index (χ2v) is 8.17. The molecule has 0 spiro atoms. The van der Waals surface area contributed by atoms with Gasteiger partial charge < -0.3 is 21.3 Å². The zero-order valence-corrected chi connectivity index (χ0v) is 18.5. The second-order valence-electron chi connectivity index (χ2n) is 8.17. The van der Waals surface area contributed by atoms with Crippen molar-refractivity contribution in [3.63, 3.8) is 0 Å². The molecule has 33 heavy (non-hydrogen) atoms. The summed E-state index contributed by atoms with van der Waals surface area (Å²) in [5.41, 5.74) is 7.39. The van der Waals surface area contributed by atoms with Crippen molar-refractivity contribution in [2.24, 2.45) is 0 Å². The van der Waals surface area contributed by atoms with Crippen LogP contribution >= 0.6 is 0 Å². The fourth-order valence-electron chi connectivity index (χ4n) is 4.27. The van der Waals surface area contributed by atoms with Gasteiger partial charge in [0, 0.05) is 18.9 Å². The monoisotopic (exact) mass is 445 g/mol. The van der Waals surface area contributed by atoms with Crippen molar-refractivity contribution < 1.29 is 14.4 Å². The molecule has 4 N–H and O–H groups in total. The van der Waals surface area contributed by atoms with Gasteiger partial charge in [0.2, 0.25) is 17.7 Å². The molecule has 8 nitrogen and oxygen atoms in total. The van der Waals surface area contributed by atoms with Gasteiger partial charge in [0.15, 0.2) is 0 Å². The fourth-order valence-corrected chi connectivity index (χ4v) is 4.27. The van der Waals surface area contributed by atoms with Crippen molar-refractivity contribution in [3.8, 4) is 0 Å².